The Bertz CT molecular complexity index is 497. The van der Waals surface area contributed by atoms with Crippen molar-refractivity contribution < 1.29 is 5.11 Å². The first-order valence-electron chi connectivity index (χ1n) is 5.55. The second-order valence-electron chi connectivity index (χ2n) is 4.10. The van der Waals surface area contributed by atoms with E-state index in [0.29, 0.717) is 11.5 Å². The van der Waals surface area contributed by atoms with Gasteiger partial charge in [-0.1, -0.05) is 30.3 Å². The van der Waals surface area contributed by atoms with Crippen LogP contribution in [0.3, 0.4) is 0 Å². The lowest BCUT2D eigenvalue weighted by atomic mass is 10.1. The minimum absolute atomic E-state index is 0.213. The molecule has 0 amide bonds. The van der Waals surface area contributed by atoms with Gasteiger partial charge in [-0.05, 0) is 13.8 Å². The molecular formula is C13H15N3O. The van der Waals surface area contributed by atoms with Gasteiger partial charge in [-0.15, -0.1) is 0 Å². The fourth-order valence-electron chi connectivity index (χ4n) is 1.56. The zero-order chi connectivity index (χ0) is 12.3. The number of nitrogens with one attached hydrogen (secondary N) is 1. The van der Waals surface area contributed by atoms with E-state index in [-0.39, 0.29) is 12.1 Å². The van der Waals surface area contributed by atoms with Crippen molar-refractivity contribution in [1.82, 2.24) is 9.97 Å². The Morgan fingerprint density at radius 2 is 1.82 bits per heavy atom. The van der Waals surface area contributed by atoms with E-state index in [1.165, 1.54) is 0 Å². The number of hydrogen-bond acceptors (Lipinski definition) is 4. The summed E-state index contributed by atoms with van der Waals surface area (Å²) in [5, 5.41) is 12.7. The van der Waals surface area contributed by atoms with E-state index in [0.717, 1.165) is 5.56 Å². The lowest BCUT2D eigenvalue weighted by molar-refractivity contribution is 0.432. The zero-order valence-electron chi connectivity index (χ0n) is 9.88. The summed E-state index contributed by atoms with van der Waals surface area (Å²) < 4.78 is 0. The van der Waals surface area contributed by atoms with Crippen LogP contribution in [0.5, 0.6) is 6.01 Å². The normalized spacial score (nSPS) is 10.5. The van der Waals surface area contributed by atoms with Crippen LogP contribution < -0.4 is 5.32 Å². The molecule has 1 aromatic heterocycles. The molecule has 0 saturated heterocycles. The molecule has 0 aliphatic heterocycles. The van der Waals surface area contributed by atoms with Crippen LogP contribution in [-0.2, 0) is 0 Å². The van der Waals surface area contributed by atoms with E-state index in [9.17, 15) is 5.11 Å². The molecule has 0 radical (unpaired) electrons. The number of benzene rings is 1. The number of aromatic hydroxyl groups is 1. The number of aromatic nitrogens is 2. The largest absolute Gasteiger partial charge is 0.479 e. The first-order chi connectivity index (χ1) is 8.15. The van der Waals surface area contributed by atoms with Crippen LogP contribution in [0.2, 0.25) is 0 Å². The van der Waals surface area contributed by atoms with Crippen molar-refractivity contribution in [3.63, 3.8) is 0 Å². The van der Waals surface area contributed by atoms with E-state index in [1.807, 2.05) is 50.2 Å². The summed E-state index contributed by atoms with van der Waals surface area (Å²) in [4.78, 5) is 7.95. The van der Waals surface area contributed by atoms with Crippen molar-refractivity contribution in [3.05, 3.63) is 36.4 Å². The Hall–Kier alpha value is -2.10. The highest BCUT2D eigenvalue weighted by atomic mass is 16.3. The van der Waals surface area contributed by atoms with Crippen molar-refractivity contribution in [1.29, 1.82) is 0 Å². The molecule has 4 heteroatoms. The molecule has 0 atom stereocenters. The Kier molecular flexibility index (Phi) is 3.23. The van der Waals surface area contributed by atoms with Gasteiger partial charge in [0.2, 0.25) is 0 Å². The van der Waals surface area contributed by atoms with Crippen molar-refractivity contribution in [3.8, 4) is 17.3 Å². The molecule has 0 fully saturated rings. The van der Waals surface area contributed by atoms with Crippen LogP contribution in [0.15, 0.2) is 36.4 Å². The molecule has 0 aliphatic rings. The predicted octanol–water partition coefficient (Wildman–Crippen LogP) is 2.67. The van der Waals surface area contributed by atoms with Crippen LogP contribution in [0.4, 0.5) is 5.82 Å². The molecule has 2 aromatic rings. The standard InChI is InChI=1S/C13H15N3O/c1-9(2)14-12-8-11(15-13(17)16-12)10-6-4-3-5-7-10/h3-9H,1-2H3,(H2,14,15,16,17). The summed E-state index contributed by atoms with van der Waals surface area (Å²) in [6.45, 7) is 4.03. The maximum Gasteiger partial charge on any atom is 0.316 e. The summed E-state index contributed by atoms with van der Waals surface area (Å²) in [7, 11) is 0. The summed E-state index contributed by atoms with van der Waals surface area (Å²) >= 11 is 0. The number of anilines is 1. The zero-order valence-corrected chi connectivity index (χ0v) is 9.88. The molecule has 0 bridgehead atoms. The van der Waals surface area contributed by atoms with Crippen molar-refractivity contribution >= 4 is 5.82 Å². The van der Waals surface area contributed by atoms with Gasteiger partial charge in [-0.3, -0.25) is 0 Å². The number of nitrogens with zero attached hydrogens (tertiary/aromatic N) is 2. The molecule has 0 spiro atoms. The van der Waals surface area contributed by atoms with Gasteiger partial charge in [0.1, 0.15) is 5.82 Å². The molecule has 2 rings (SSSR count). The Balaban J connectivity index is 2.38. The minimum atomic E-state index is -0.213. The van der Waals surface area contributed by atoms with Crippen molar-refractivity contribution in [2.75, 3.05) is 5.32 Å². The van der Waals surface area contributed by atoms with Gasteiger partial charge in [0.15, 0.2) is 0 Å². The van der Waals surface area contributed by atoms with Crippen LogP contribution in [0.1, 0.15) is 13.8 Å². The molecule has 4 nitrogen and oxygen atoms in total. The molecule has 0 aliphatic carbocycles. The predicted molar refractivity (Wildman–Crippen MR) is 67.9 cm³/mol. The molecule has 1 aromatic carbocycles. The topological polar surface area (TPSA) is 58.0 Å². The van der Waals surface area contributed by atoms with Gasteiger partial charge >= 0.3 is 6.01 Å². The fourth-order valence-corrected chi connectivity index (χ4v) is 1.56. The minimum Gasteiger partial charge on any atom is -0.479 e. The molecule has 0 unspecified atom stereocenters. The van der Waals surface area contributed by atoms with E-state index in [2.05, 4.69) is 15.3 Å². The fraction of sp³-hybridized carbons (Fsp3) is 0.231. The smallest absolute Gasteiger partial charge is 0.316 e. The highest BCUT2D eigenvalue weighted by molar-refractivity contribution is 5.62. The second kappa shape index (κ2) is 4.82. The third-order valence-electron chi connectivity index (χ3n) is 2.22. The summed E-state index contributed by atoms with van der Waals surface area (Å²) in [6, 6.07) is 11.6. The molecular weight excluding hydrogens is 214 g/mol. The Morgan fingerprint density at radius 1 is 1.12 bits per heavy atom. The van der Waals surface area contributed by atoms with Gasteiger partial charge in [0, 0.05) is 17.7 Å². The summed E-state index contributed by atoms with van der Waals surface area (Å²) in [5.41, 5.74) is 1.67. The summed E-state index contributed by atoms with van der Waals surface area (Å²) in [6.07, 6.45) is 0. The second-order valence-corrected chi connectivity index (χ2v) is 4.10. The molecule has 88 valence electrons. The summed E-state index contributed by atoms with van der Waals surface area (Å²) in [5.74, 6) is 0.631. The number of hydrogen-bond donors (Lipinski definition) is 2. The maximum absolute atomic E-state index is 9.51. The first kappa shape index (κ1) is 11.4. The average molecular weight is 229 g/mol. The third-order valence-corrected chi connectivity index (χ3v) is 2.22. The van der Waals surface area contributed by atoms with Crippen LogP contribution in [-0.4, -0.2) is 21.1 Å². The third kappa shape index (κ3) is 2.93. The van der Waals surface area contributed by atoms with E-state index < -0.39 is 0 Å². The van der Waals surface area contributed by atoms with Crippen molar-refractivity contribution in [2.45, 2.75) is 19.9 Å². The number of rotatable bonds is 3. The quantitative estimate of drug-likeness (QED) is 0.849. The molecule has 17 heavy (non-hydrogen) atoms. The monoisotopic (exact) mass is 229 g/mol. The van der Waals surface area contributed by atoms with Gasteiger partial charge in [-0.25, -0.2) is 0 Å². The van der Waals surface area contributed by atoms with Gasteiger partial charge in [0.05, 0.1) is 5.69 Å². The highest BCUT2D eigenvalue weighted by Crippen LogP contribution is 2.21. The average Bonchev–Trinajstić information content (AvgIpc) is 2.28. The molecule has 2 N–H and O–H groups in total. The van der Waals surface area contributed by atoms with Gasteiger partial charge in [-0.2, -0.15) is 9.97 Å². The molecule has 0 saturated carbocycles. The Labute approximate surface area is 100 Å². The van der Waals surface area contributed by atoms with Crippen LogP contribution in [0.25, 0.3) is 11.3 Å². The maximum atomic E-state index is 9.51. The molecule has 1 heterocycles. The van der Waals surface area contributed by atoms with E-state index >= 15 is 0 Å². The lowest BCUT2D eigenvalue weighted by Gasteiger charge is -2.10. The highest BCUT2D eigenvalue weighted by Gasteiger charge is 2.06. The van der Waals surface area contributed by atoms with E-state index in [4.69, 9.17) is 0 Å². The van der Waals surface area contributed by atoms with Gasteiger partial charge in [0.25, 0.3) is 0 Å². The Morgan fingerprint density at radius 3 is 2.47 bits per heavy atom. The van der Waals surface area contributed by atoms with Crippen molar-refractivity contribution in [2.24, 2.45) is 0 Å². The van der Waals surface area contributed by atoms with Crippen LogP contribution in [0, 0.1) is 0 Å². The first-order valence-corrected chi connectivity index (χ1v) is 5.55. The van der Waals surface area contributed by atoms with Crippen LogP contribution >= 0.6 is 0 Å². The van der Waals surface area contributed by atoms with E-state index in [1.54, 1.807) is 0 Å². The SMILES string of the molecule is CC(C)Nc1cc(-c2ccccc2)nc(O)n1. The van der Waals surface area contributed by atoms with Gasteiger partial charge < -0.3 is 10.4 Å². The lowest BCUT2D eigenvalue weighted by Crippen LogP contribution is -2.11.